The molecule has 5 nitrogen and oxygen atoms in total. The van der Waals surface area contributed by atoms with Gasteiger partial charge in [-0.15, -0.1) is 0 Å². The summed E-state index contributed by atoms with van der Waals surface area (Å²) in [6.07, 6.45) is 1.66. The largest absolute Gasteiger partial charge is 0.477 e. The van der Waals surface area contributed by atoms with E-state index in [9.17, 15) is 4.79 Å². The van der Waals surface area contributed by atoms with Gasteiger partial charge in [0.1, 0.15) is 12.2 Å². The molecule has 1 rings (SSSR count). The van der Waals surface area contributed by atoms with Crippen LogP contribution in [0, 0.1) is 6.92 Å². The Morgan fingerprint density at radius 3 is 2.76 bits per heavy atom. The maximum atomic E-state index is 11.0. The number of hydrogen-bond acceptors (Lipinski definition) is 4. The molecule has 0 spiro atoms. The average molecular weight is 239 g/mol. The second-order valence-corrected chi connectivity index (χ2v) is 3.88. The summed E-state index contributed by atoms with van der Waals surface area (Å²) < 4.78 is 10.6. The highest BCUT2D eigenvalue weighted by atomic mass is 16.5. The third-order valence-corrected chi connectivity index (χ3v) is 2.11. The normalized spacial score (nSPS) is 10.6. The Kier molecular flexibility index (Phi) is 4.90. The van der Waals surface area contributed by atoms with Gasteiger partial charge in [0.2, 0.25) is 5.88 Å². The standard InChI is InChI=1S/C12H17NO4/c1-8(2)16-6-7-17-11-10(12(14)15)9(3)4-5-13-11/h4-5,8H,6-7H2,1-3H3,(H,14,15). The fourth-order valence-electron chi connectivity index (χ4n) is 1.33. The SMILES string of the molecule is Cc1ccnc(OCCOC(C)C)c1C(=O)O. The van der Waals surface area contributed by atoms with E-state index < -0.39 is 5.97 Å². The first-order valence-corrected chi connectivity index (χ1v) is 5.45. The van der Waals surface area contributed by atoms with Gasteiger partial charge in [0.15, 0.2) is 0 Å². The zero-order chi connectivity index (χ0) is 12.8. The Balaban J connectivity index is 2.64. The van der Waals surface area contributed by atoms with E-state index in [1.807, 2.05) is 13.8 Å². The third kappa shape index (κ3) is 4.03. The van der Waals surface area contributed by atoms with E-state index in [0.29, 0.717) is 12.2 Å². The smallest absolute Gasteiger partial charge is 0.341 e. The molecule has 1 heterocycles. The molecular formula is C12H17NO4. The summed E-state index contributed by atoms with van der Waals surface area (Å²) in [6.45, 7) is 6.26. The Bertz CT molecular complexity index is 390. The van der Waals surface area contributed by atoms with Crippen molar-refractivity contribution in [1.29, 1.82) is 0 Å². The van der Waals surface area contributed by atoms with Crippen LogP contribution in [-0.2, 0) is 4.74 Å². The van der Waals surface area contributed by atoms with Crippen molar-refractivity contribution in [2.24, 2.45) is 0 Å². The molecule has 0 radical (unpaired) electrons. The highest BCUT2D eigenvalue weighted by Crippen LogP contribution is 2.18. The second-order valence-electron chi connectivity index (χ2n) is 3.88. The quantitative estimate of drug-likeness (QED) is 0.768. The van der Waals surface area contributed by atoms with Crippen molar-refractivity contribution >= 4 is 5.97 Å². The summed E-state index contributed by atoms with van der Waals surface area (Å²) in [6, 6.07) is 1.64. The van der Waals surface area contributed by atoms with E-state index in [2.05, 4.69) is 4.98 Å². The number of hydrogen-bond donors (Lipinski definition) is 1. The number of aryl methyl sites for hydroxylation is 1. The molecule has 0 unspecified atom stereocenters. The summed E-state index contributed by atoms with van der Waals surface area (Å²) in [5, 5.41) is 9.04. The molecule has 0 aromatic carbocycles. The van der Waals surface area contributed by atoms with Crippen molar-refractivity contribution in [2.75, 3.05) is 13.2 Å². The topological polar surface area (TPSA) is 68.7 Å². The Labute approximate surface area is 100 Å². The number of ether oxygens (including phenoxy) is 2. The van der Waals surface area contributed by atoms with Crippen LogP contribution in [0.5, 0.6) is 5.88 Å². The minimum atomic E-state index is -1.03. The number of nitrogens with zero attached hydrogens (tertiary/aromatic N) is 1. The minimum absolute atomic E-state index is 0.108. The van der Waals surface area contributed by atoms with Crippen LogP contribution in [0.1, 0.15) is 29.8 Å². The first-order valence-electron chi connectivity index (χ1n) is 5.45. The van der Waals surface area contributed by atoms with E-state index in [-0.39, 0.29) is 24.2 Å². The lowest BCUT2D eigenvalue weighted by Crippen LogP contribution is -2.14. The maximum absolute atomic E-state index is 11.0. The molecule has 17 heavy (non-hydrogen) atoms. The van der Waals surface area contributed by atoms with Crippen LogP contribution in [0.25, 0.3) is 0 Å². The van der Waals surface area contributed by atoms with Crippen molar-refractivity contribution in [2.45, 2.75) is 26.9 Å². The lowest BCUT2D eigenvalue weighted by atomic mass is 10.1. The van der Waals surface area contributed by atoms with Crippen molar-refractivity contribution in [3.05, 3.63) is 23.4 Å². The highest BCUT2D eigenvalue weighted by Gasteiger charge is 2.15. The Hall–Kier alpha value is -1.62. The number of carboxylic acids is 1. The van der Waals surface area contributed by atoms with Gasteiger partial charge < -0.3 is 14.6 Å². The van der Waals surface area contributed by atoms with E-state index >= 15 is 0 Å². The van der Waals surface area contributed by atoms with Gasteiger partial charge in [0, 0.05) is 6.20 Å². The predicted molar refractivity (Wildman–Crippen MR) is 62.5 cm³/mol. The molecule has 0 saturated carbocycles. The zero-order valence-electron chi connectivity index (χ0n) is 10.3. The van der Waals surface area contributed by atoms with Gasteiger partial charge in [-0.3, -0.25) is 0 Å². The number of aromatic nitrogens is 1. The molecule has 1 N–H and O–H groups in total. The van der Waals surface area contributed by atoms with Gasteiger partial charge in [0.05, 0.1) is 12.7 Å². The average Bonchev–Trinajstić information content (AvgIpc) is 2.23. The van der Waals surface area contributed by atoms with Gasteiger partial charge in [-0.1, -0.05) is 0 Å². The van der Waals surface area contributed by atoms with Crippen LogP contribution in [0.2, 0.25) is 0 Å². The van der Waals surface area contributed by atoms with Crippen molar-refractivity contribution in [1.82, 2.24) is 4.98 Å². The Morgan fingerprint density at radius 2 is 2.18 bits per heavy atom. The molecule has 1 aromatic rings. The van der Waals surface area contributed by atoms with Crippen molar-refractivity contribution in [3.63, 3.8) is 0 Å². The molecule has 0 amide bonds. The summed E-state index contributed by atoms with van der Waals surface area (Å²) in [5.74, 6) is -0.889. The van der Waals surface area contributed by atoms with Crippen LogP contribution in [0.3, 0.4) is 0 Å². The fraction of sp³-hybridized carbons (Fsp3) is 0.500. The lowest BCUT2D eigenvalue weighted by molar-refractivity contribution is 0.0527. The maximum Gasteiger partial charge on any atom is 0.341 e. The summed E-state index contributed by atoms with van der Waals surface area (Å²) in [7, 11) is 0. The number of carbonyl (C=O) groups is 1. The van der Waals surface area contributed by atoms with Crippen LogP contribution in [-0.4, -0.2) is 35.4 Å². The fourth-order valence-corrected chi connectivity index (χ4v) is 1.33. The molecule has 0 saturated heterocycles. The van der Waals surface area contributed by atoms with E-state index in [0.717, 1.165) is 0 Å². The Morgan fingerprint density at radius 1 is 1.47 bits per heavy atom. The highest BCUT2D eigenvalue weighted by molar-refractivity contribution is 5.91. The number of aromatic carboxylic acids is 1. The molecule has 1 aromatic heterocycles. The van der Waals surface area contributed by atoms with E-state index in [4.69, 9.17) is 14.6 Å². The third-order valence-electron chi connectivity index (χ3n) is 2.11. The number of carboxylic acid groups (broad SMARTS) is 1. The first kappa shape index (κ1) is 13.4. The summed E-state index contributed by atoms with van der Waals surface area (Å²) in [4.78, 5) is 15.0. The molecule has 0 aliphatic carbocycles. The van der Waals surface area contributed by atoms with Gasteiger partial charge in [0.25, 0.3) is 0 Å². The van der Waals surface area contributed by atoms with E-state index in [1.54, 1.807) is 13.0 Å². The molecule has 5 heteroatoms. The number of rotatable bonds is 6. The first-order chi connectivity index (χ1) is 8.02. The lowest BCUT2D eigenvalue weighted by Gasteiger charge is -2.11. The second kappa shape index (κ2) is 6.20. The van der Waals surface area contributed by atoms with Gasteiger partial charge in [-0.2, -0.15) is 0 Å². The van der Waals surface area contributed by atoms with Crippen LogP contribution >= 0.6 is 0 Å². The van der Waals surface area contributed by atoms with Crippen LogP contribution in [0.4, 0.5) is 0 Å². The van der Waals surface area contributed by atoms with Gasteiger partial charge in [-0.25, -0.2) is 9.78 Å². The molecule has 0 fully saturated rings. The number of pyridine rings is 1. The zero-order valence-corrected chi connectivity index (χ0v) is 10.3. The van der Waals surface area contributed by atoms with Gasteiger partial charge >= 0.3 is 5.97 Å². The minimum Gasteiger partial charge on any atom is -0.477 e. The molecule has 94 valence electrons. The van der Waals surface area contributed by atoms with Crippen molar-refractivity contribution in [3.8, 4) is 5.88 Å². The molecule has 0 atom stereocenters. The predicted octanol–water partition coefficient (Wildman–Crippen LogP) is 1.89. The van der Waals surface area contributed by atoms with Crippen molar-refractivity contribution < 1.29 is 19.4 Å². The van der Waals surface area contributed by atoms with Crippen LogP contribution in [0.15, 0.2) is 12.3 Å². The monoisotopic (exact) mass is 239 g/mol. The van der Waals surface area contributed by atoms with Gasteiger partial charge in [-0.05, 0) is 32.4 Å². The molecule has 0 aliphatic rings. The molecule has 0 bridgehead atoms. The van der Waals surface area contributed by atoms with Crippen LogP contribution < -0.4 is 4.74 Å². The summed E-state index contributed by atoms with van der Waals surface area (Å²) >= 11 is 0. The van der Waals surface area contributed by atoms with E-state index in [1.165, 1.54) is 6.20 Å². The molecule has 0 aliphatic heterocycles. The molecular weight excluding hydrogens is 222 g/mol. The summed E-state index contributed by atoms with van der Waals surface area (Å²) in [5.41, 5.74) is 0.740.